The van der Waals surface area contributed by atoms with Gasteiger partial charge in [-0.15, -0.1) is 0 Å². The van der Waals surface area contributed by atoms with Gasteiger partial charge in [-0.05, 0) is 65.1 Å². The molecule has 0 rings (SSSR count). The van der Waals surface area contributed by atoms with Crippen LogP contribution in [-0.4, -0.2) is 19.7 Å². The maximum atomic E-state index is 5.98. The molecule has 0 aliphatic carbocycles. The molecule has 116 valence electrons. The molecular formula is C13H31NOS3Si. The zero-order valence-electron chi connectivity index (χ0n) is 13.5. The SMILES string of the molecule is CCO[Si](C)(C)CCC(SSSN)(C(C)C)C(C)C. The maximum Gasteiger partial charge on any atom is 0.186 e. The van der Waals surface area contributed by atoms with Crippen LogP contribution in [0.3, 0.4) is 0 Å². The normalized spacial score (nSPS) is 13.6. The van der Waals surface area contributed by atoms with Crippen LogP contribution in [-0.2, 0) is 4.43 Å². The molecule has 0 spiro atoms. The third-order valence-corrected chi connectivity index (χ3v) is 10.7. The molecule has 0 aromatic rings. The van der Waals surface area contributed by atoms with Crippen molar-refractivity contribution in [3.05, 3.63) is 0 Å². The molecule has 2 nitrogen and oxygen atoms in total. The van der Waals surface area contributed by atoms with Crippen LogP contribution >= 0.6 is 31.6 Å². The van der Waals surface area contributed by atoms with E-state index in [1.807, 2.05) is 10.8 Å². The van der Waals surface area contributed by atoms with Crippen molar-refractivity contribution in [3.8, 4) is 0 Å². The molecule has 6 heteroatoms. The minimum absolute atomic E-state index is 0.290. The number of hydrogen-bond donors (Lipinski definition) is 1. The summed E-state index contributed by atoms with van der Waals surface area (Å²) in [7, 11) is 3.55. The molecule has 0 bridgehead atoms. The van der Waals surface area contributed by atoms with E-state index in [2.05, 4.69) is 47.7 Å². The van der Waals surface area contributed by atoms with Gasteiger partial charge in [0.15, 0.2) is 8.32 Å². The number of hydrogen-bond acceptors (Lipinski definition) is 5. The second kappa shape index (κ2) is 9.25. The number of rotatable bonds is 10. The maximum absolute atomic E-state index is 5.98. The highest BCUT2D eigenvalue weighted by Gasteiger charge is 2.40. The lowest BCUT2D eigenvalue weighted by atomic mass is 9.82. The van der Waals surface area contributed by atoms with Crippen LogP contribution in [0.4, 0.5) is 0 Å². The van der Waals surface area contributed by atoms with Crippen LogP contribution in [0.2, 0.25) is 19.1 Å². The highest BCUT2D eigenvalue weighted by atomic mass is 33.5. The van der Waals surface area contributed by atoms with E-state index in [-0.39, 0.29) is 0 Å². The Hall–Kier alpha value is 1.19. The number of nitrogens with two attached hydrogens (primary N) is 1. The lowest BCUT2D eigenvalue weighted by Gasteiger charge is -2.41. The van der Waals surface area contributed by atoms with Crippen molar-refractivity contribution in [1.82, 2.24) is 0 Å². The van der Waals surface area contributed by atoms with E-state index in [1.54, 1.807) is 9.83 Å². The Morgan fingerprint density at radius 3 is 2.05 bits per heavy atom. The first-order chi connectivity index (χ1) is 8.72. The largest absolute Gasteiger partial charge is 0.418 e. The summed E-state index contributed by atoms with van der Waals surface area (Å²) in [6, 6.07) is 1.22. The van der Waals surface area contributed by atoms with Gasteiger partial charge < -0.3 is 4.43 Å². The molecule has 0 fully saturated rings. The van der Waals surface area contributed by atoms with E-state index in [4.69, 9.17) is 9.56 Å². The Morgan fingerprint density at radius 2 is 1.68 bits per heavy atom. The van der Waals surface area contributed by atoms with E-state index >= 15 is 0 Å². The van der Waals surface area contributed by atoms with Crippen LogP contribution in [0.5, 0.6) is 0 Å². The summed E-state index contributed by atoms with van der Waals surface area (Å²) in [5.74, 6) is 1.28. The van der Waals surface area contributed by atoms with E-state index in [9.17, 15) is 0 Å². The van der Waals surface area contributed by atoms with E-state index in [1.165, 1.54) is 23.4 Å². The second-order valence-corrected chi connectivity index (χ2v) is 14.5. The van der Waals surface area contributed by atoms with Crippen LogP contribution in [0.1, 0.15) is 41.0 Å². The first-order valence-electron chi connectivity index (χ1n) is 7.07. The lowest BCUT2D eigenvalue weighted by molar-refractivity contribution is 0.302. The Labute approximate surface area is 132 Å². The summed E-state index contributed by atoms with van der Waals surface area (Å²) in [5.41, 5.74) is 0. The van der Waals surface area contributed by atoms with Crippen molar-refractivity contribution >= 4 is 39.9 Å². The molecule has 2 N–H and O–H groups in total. The fourth-order valence-corrected chi connectivity index (χ4v) is 8.78. The molecular weight excluding hydrogens is 310 g/mol. The van der Waals surface area contributed by atoms with E-state index in [0.29, 0.717) is 16.6 Å². The molecule has 0 amide bonds. The van der Waals surface area contributed by atoms with Crippen LogP contribution < -0.4 is 5.14 Å². The zero-order chi connectivity index (χ0) is 15.1. The zero-order valence-corrected chi connectivity index (χ0v) is 16.9. The average Bonchev–Trinajstić information content (AvgIpc) is 2.28. The van der Waals surface area contributed by atoms with Crippen LogP contribution in [0, 0.1) is 11.8 Å². The fourth-order valence-electron chi connectivity index (χ4n) is 2.52. The Morgan fingerprint density at radius 1 is 1.16 bits per heavy atom. The predicted molar refractivity (Wildman–Crippen MR) is 97.9 cm³/mol. The van der Waals surface area contributed by atoms with Gasteiger partial charge in [-0.3, -0.25) is 5.14 Å². The van der Waals surface area contributed by atoms with Crippen LogP contribution in [0.15, 0.2) is 0 Å². The van der Waals surface area contributed by atoms with Crippen molar-refractivity contribution < 1.29 is 4.43 Å². The molecule has 0 saturated carbocycles. The molecule has 19 heavy (non-hydrogen) atoms. The predicted octanol–water partition coefficient (Wildman–Crippen LogP) is 5.57. The molecule has 0 aliphatic rings. The molecule has 0 aromatic heterocycles. The van der Waals surface area contributed by atoms with Gasteiger partial charge in [-0.25, -0.2) is 0 Å². The monoisotopic (exact) mass is 341 g/mol. The Balaban J connectivity index is 4.83. The first-order valence-corrected chi connectivity index (χ1v) is 13.7. The Kier molecular flexibility index (Phi) is 9.83. The quantitative estimate of drug-likeness (QED) is 0.319. The highest BCUT2D eigenvalue weighted by molar-refractivity contribution is 9.09. The lowest BCUT2D eigenvalue weighted by Crippen LogP contribution is -2.40. The summed E-state index contributed by atoms with van der Waals surface area (Å²) in [5, 5.41) is 5.61. The topological polar surface area (TPSA) is 35.2 Å². The minimum Gasteiger partial charge on any atom is -0.418 e. The van der Waals surface area contributed by atoms with Crippen molar-refractivity contribution in [2.75, 3.05) is 6.61 Å². The molecule has 0 unspecified atom stereocenters. The van der Waals surface area contributed by atoms with Crippen molar-refractivity contribution in [3.63, 3.8) is 0 Å². The van der Waals surface area contributed by atoms with Gasteiger partial charge in [0.25, 0.3) is 0 Å². The average molecular weight is 342 g/mol. The molecule has 0 aromatic carbocycles. The molecule has 0 saturated heterocycles. The Bertz CT molecular complexity index is 242. The summed E-state index contributed by atoms with van der Waals surface area (Å²) in [6.45, 7) is 17.0. The van der Waals surface area contributed by atoms with Gasteiger partial charge in [0.1, 0.15) is 0 Å². The summed E-state index contributed by atoms with van der Waals surface area (Å²) >= 11 is 0. The van der Waals surface area contributed by atoms with Gasteiger partial charge in [-0.2, -0.15) is 0 Å². The van der Waals surface area contributed by atoms with Gasteiger partial charge in [-0.1, -0.05) is 38.5 Å². The van der Waals surface area contributed by atoms with Crippen molar-refractivity contribution in [2.24, 2.45) is 17.0 Å². The minimum atomic E-state index is -1.50. The highest BCUT2D eigenvalue weighted by Crippen LogP contribution is 2.52. The molecule has 0 atom stereocenters. The first kappa shape index (κ1) is 20.2. The second-order valence-electron chi connectivity index (χ2n) is 6.20. The van der Waals surface area contributed by atoms with E-state index < -0.39 is 8.32 Å². The smallest absolute Gasteiger partial charge is 0.186 e. The summed E-state index contributed by atoms with van der Waals surface area (Å²) in [4.78, 5) is 0. The van der Waals surface area contributed by atoms with Gasteiger partial charge in [0, 0.05) is 11.4 Å². The third-order valence-electron chi connectivity index (χ3n) is 3.84. The standard InChI is InChI=1S/C13H31NOS3Si/c1-8-15-19(6,7)10-9-13(11(2)3,12(4)5)16-18-17-14/h11-12H,8-10,14H2,1-7H3. The molecule has 0 aliphatic heterocycles. The third kappa shape index (κ3) is 6.65. The van der Waals surface area contributed by atoms with Gasteiger partial charge in [0.05, 0.1) is 0 Å². The van der Waals surface area contributed by atoms with Gasteiger partial charge in [0.2, 0.25) is 0 Å². The molecule has 0 heterocycles. The van der Waals surface area contributed by atoms with Gasteiger partial charge >= 0.3 is 0 Å². The summed E-state index contributed by atoms with van der Waals surface area (Å²) < 4.78 is 6.27. The summed E-state index contributed by atoms with van der Waals surface area (Å²) in [6.07, 6.45) is 1.22. The van der Waals surface area contributed by atoms with E-state index in [0.717, 1.165) is 6.61 Å². The fraction of sp³-hybridized carbons (Fsp3) is 1.00. The molecule has 0 radical (unpaired) electrons. The van der Waals surface area contributed by atoms with Crippen molar-refractivity contribution in [1.29, 1.82) is 0 Å². The van der Waals surface area contributed by atoms with Crippen molar-refractivity contribution in [2.45, 2.75) is 64.9 Å². The van der Waals surface area contributed by atoms with Crippen LogP contribution in [0.25, 0.3) is 0 Å².